The van der Waals surface area contributed by atoms with Gasteiger partial charge in [0.05, 0.1) is 17.8 Å². The average Bonchev–Trinajstić information content (AvgIpc) is 2.99. The Morgan fingerprint density at radius 3 is 2.46 bits per heavy atom. The molecule has 2 heterocycles. The van der Waals surface area contributed by atoms with Crippen molar-refractivity contribution in [3.8, 4) is 0 Å². The Kier molecular flexibility index (Phi) is 4.89. The quantitative estimate of drug-likeness (QED) is 0.769. The third-order valence-electron chi connectivity index (χ3n) is 4.14. The first kappa shape index (κ1) is 17.9. The second-order valence-corrected chi connectivity index (χ2v) is 7.45. The molecule has 3 aromatic rings. The fourth-order valence-electron chi connectivity index (χ4n) is 2.55. The Bertz CT molecular complexity index is 890. The summed E-state index contributed by atoms with van der Waals surface area (Å²) in [5, 5.41) is 7.70. The van der Waals surface area contributed by atoms with Gasteiger partial charge in [-0.05, 0) is 24.6 Å². The number of amides is 1. The number of nitrogens with zero attached hydrogens (tertiary/aromatic N) is 3. The highest BCUT2D eigenvalue weighted by Gasteiger charge is 2.21. The zero-order chi connectivity index (χ0) is 18.7. The van der Waals surface area contributed by atoms with Gasteiger partial charge in [0, 0.05) is 23.4 Å². The van der Waals surface area contributed by atoms with Gasteiger partial charge in [0.1, 0.15) is 5.82 Å². The van der Waals surface area contributed by atoms with Crippen molar-refractivity contribution >= 4 is 11.7 Å². The lowest BCUT2D eigenvalue weighted by Crippen LogP contribution is -2.16. The molecule has 5 nitrogen and oxygen atoms in total. The van der Waals surface area contributed by atoms with Crippen molar-refractivity contribution in [3.05, 3.63) is 77.2 Å². The number of aryl methyl sites for hydroxylation is 1. The largest absolute Gasteiger partial charge is 0.307 e. The summed E-state index contributed by atoms with van der Waals surface area (Å²) < 4.78 is 1.84. The van der Waals surface area contributed by atoms with Crippen LogP contribution in [0.3, 0.4) is 0 Å². The third-order valence-corrected chi connectivity index (χ3v) is 4.14. The van der Waals surface area contributed by atoms with E-state index in [9.17, 15) is 4.79 Å². The molecule has 0 unspecified atom stereocenters. The van der Waals surface area contributed by atoms with Crippen LogP contribution in [0.25, 0.3) is 0 Å². The van der Waals surface area contributed by atoms with Crippen molar-refractivity contribution < 1.29 is 4.79 Å². The van der Waals surface area contributed by atoms with Gasteiger partial charge in [0.2, 0.25) is 0 Å². The molecular weight excluding hydrogens is 324 g/mol. The monoisotopic (exact) mass is 348 g/mol. The van der Waals surface area contributed by atoms with E-state index >= 15 is 0 Å². The maximum absolute atomic E-state index is 12.6. The van der Waals surface area contributed by atoms with Crippen LogP contribution in [0.2, 0.25) is 0 Å². The molecule has 1 aromatic carbocycles. The van der Waals surface area contributed by atoms with Gasteiger partial charge < -0.3 is 5.32 Å². The summed E-state index contributed by atoms with van der Waals surface area (Å²) in [6.07, 6.45) is 1.59. The summed E-state index contributed by atoms with van der Waals surface area (Å²) >= 11 is 0. The van der Waals surface area contributed by atoms with Crippen LogP contribution >= 0.6 is 0 Å². The molecule has 0 aliphatic rings. The number of nitrogens with one attached hydrogen (secondary N) is 1. The van der Waals surface area contributed by atoms with Crippen LogP contribution in [-0.4, -0.2) is 20.7 Å². The van der Waals surface area contributed by atoms with Gasteiger partial charge in [0.25, 0.3) is 5.91 Å². The molecule has 0 atom stereocenters. The summed E-state index contributed by atoms with van der Waals surface area (Å²) in [7, 11) is 0. The van der Waals surface area contributed by atoms with E-state index in [2.05, 4.69) is 31.1 Å². The lowest BCUT2D eigenvalue weighted by Gasteiger charge is -2.14. The molecule has 1 amide bonds. The number of hydrogen-bond acceptors (Lipinski definition) is 3. The van der Waals surface area contributed by atoms with Crippen molar-refractivity contribution in [1.29, 1.82) is 0 Å². The van der Waals surface area contributed by atoms with Gasteiger partial charge in [-0.3, -0.25) is 9.78 Å². The van der Waals surface area contributed by atoms with Crippen LogP contribution in [0.5, 0.6) is 0 Å². The number of aromatic nitrogens is 3. The summed E-state index contributed by atoms with van der Waals surface area (Å²) in [5.41, 5.74) is 3.37. The Hall–Kier alpha value is -2.95. The average molecular weight is 348 g/mol. The maximum atomic E-state index is 12.6. The SMILES string of the molecule is Cc1ccc(C(=O)Nc2cc(C(C)(C)C)nn2Cc2ccccc2)cn1. The third kappa shape index (κ3) is 4.17. The maximum Gasteiger partial charge on any atom is 0.258 e. The van der Waals surface area contributed by atoms with Crippen LogP contribution < -0.4 is 5.32 Å². The second kappa shape index (κ2) is 7.12. The lowest BCUT2D eigenvalue weighted by molar-refractivity contribution is 0.102. The molecule has 134 valence electrons. The van der Waals surface area contributed by atoms with Crippen molar-refractivity contribution in [2.24, 2.45) is 0 Å². The minimum absolute atomic E-state index is 0.104. The van der Waals surface area contributed by atoms with Crippen LogP contribution in [0.15, 0.2) is 54.7 Å². The van der Waals surface area contributed by atoms with E-state index in [1.54, 1.807) is 12.3 Å². The molecule has 0 aliphatic carbocycles. The van der Waals surface area contributed by atoms with E-state index in [4.69, 9.17) is 5.10 Å². The number of benzene rings is 1. The molecule has 0 aliphatic heterocycles. The van der Waals surface area contributed by atoms with E-state index in [0.717, 1.165) is 17.0 Å². The molecule has 3 rings (SSSR count). The van der Waals surface area contributed by atoms with Gasteiger partial charge >= 0.3 is 0 Å². The first-order valence-electron chi connectivity index (χ1n) is 8.69. The Balaban J connectivity index is 1.90. The fraction of sp³-hybridized carbons (Fsp3) is 0.286. The topological polar surface area (TPSA) is 59.8 Å². The first-order valence-corrected chi connectivity index (χ1v) is 8.69. The Morgan fingerprint density at radius 1 is 1.12 bits per heavy atom. The van der Waals surface area contributed by atoms with Crippen molar-refractivity contribution in [2.75, 3.05) is 5.32 Å². The molecule has 5 heteroatoms. The number of anilines is 1. The fourth-order valence-corrected chi connectivity index (χ4v) is 2.55. The van der Waals surface area contributed by atoms with E-state index in [0.29, 0.717) is 17.9 Å². The van der Waals surface area contributed by atoms with Crippen molar-refractivity contribution in [2.45, 2.75) is 39.7 Å². The smallest absolute Gasteiger partial charge is 0.258 e. The zero-order valence-electron chi connectivity index (χ0n) is 15.7. The Morgan fingerprint density at radius 2 is 1.85 bits per heavy atom. The predicted octanol–water partition coefficient (Wildman–Crippen LogP) is 4.18. The van der Waals surface area contributed by atoms with Crippen LogP contribution in [-0.2, 0) is 12.0 Å². The van der Waals surface area contributed by atoms with Gasteiger partial charge in [-0.1, -0.05) is 51.1 Å². The number of carbonyl (C=O) groups excluding carboxylic acids is 1. The molecule has 1 N–H and O–H groups in total. The zero-order valence-corrected chi connectivity index (χ0v) is 15.7. The minimum atomic E-state index is -0.188. The summed E-state index contributed by atoms with van der Waals surface area (Å²) in [6, 6.07) is 15.6. The van der Waals surface area contributed by atoms with Crippen LogP contribution in [0.1, 0.15) is 48.1 Å². The summed E-state index contributed by atoms with van der Waals surface area (Å²) in [5.74, 6) is 0.497. The van der Waals surface area contributed by atoms with Gasteiger partial charge in [-0.15, -0.1) is 0 Å². The molecule has 0 saturated carbocycles. The highest BCUT2D eigenvalue weighted by Crippen LogP contribution is 2.25. The highest BCUT2D eigenvalue weighted by atomic mass is 16.1. The molecule has 0 fully saturated rings. The van der Waals surface area contributed by atoms with Crippen LogP contribution in [0, 0.1) is 6.92 Å². The van der Waals surface area contributed by atoms with Crippen molar-refractivity contribution in [3.63, 3.8) is 0 Å². The number of carbonyl (C=O) groups is 1. The Labute approximate surface area is 154 Å². The normalized spacial score (nSPS) is 11.4. The molecule has 2 aromatic heterocycles. The summed E-state index contributed by atoms with van der Waals surface area (Å²) in [6.45, 7) is 8.82. The molecule has 0 radical (unpaired) electrons. The molecule has 0 saturated heterocycles. The second-order valence-electron chi connectivity index (χ2n) is 7.45. The standard InChI is InChI=1S/C21H24N4O/c1-15-10-11-17(13-22-15)20(26)23-19-12-18(21(2,3)4)24-25(19)14-16-8-6-5-7-9-16/h5-13H,14H2,1-4H3,(H,23,26). The van der Waals surface area contributed by atoms with Crippen molar-refractivity contribution in [1.82, 2.24) is 14.8 Å². The van der Waals surface area contributed by atoms with Gasteiger partial charge in [-0.2, -0.15) is 5.10 Å². The van der Waals surface area contributed by atoms with E-state index in [1.807, 2.05) is 54.1 Å². The number of hydrogen-bond donors (Lipinski definition) is 1. The van der Waals surface area contributed by atoms with E-state index < -0.39 is 0 Å². The molecule has 0 spiro atoms. The van der Waals surface area contributed by atoms with E-state index in [-0.39, 0.29) is 11.3 Å². The molecule has 26 heavy (non-hydrogen) atoms. The van der Waals surface area contributed by atoms with Gasteiger partial charge in [-0.25, -0.2) is 4.68 Å². The predicted molar refractivity (Wildman–Crippen MR) is 103 cm³/mol. The van der Waals surface area contributed by atoms with Gasteiger partial charge in [0.15, 0.2) is 0 Å². The first-order chi connectivity index (χ1) is 12.3. The number of rotatable bonds is 4. The van der Waals surface area contributed by atoms with Crippen LogP contribution in [0.4, 0.5) is 5.82 Å². The molecular formula is C21H24N4O. The minimum Gasteiger partial charge on any atom is -0.307 e. The summed E-state index contributed by atoms with van der Waals surface area (Å²) in [4.78, 5) is 16.8. The highest BCUT2D eigenvalue weighted by molar-refractivity contribution is 6.03. The molecule has 0 bridgehead atoms. The lowest BCUT2D eigenvalue weighted by atomic mass is 9.92. The van der Waals surface area contributed by atoms with E-state index in [1.165, 1.54) is 0 Å². The number of pyridine rings is 1.